The van der Waals surface area contributed by atoms with Gasteiger partial charge in [-0.25, -0.2) is 0 Å². The molecule has 30 heavy (non-hydrogen) atoms. The van der Waals surface area contributed by atoms with E-state index in [-0.39, 0.29) is 12.8 Å². The number of ether oxygens (including phenoxy) is 1. The number of aliphatic hydroxyl groups excluding tert-OH is 1. The molecule has 0 saturated carbocycles. The van der Waals surface area contributed by atoms with Crippen molar-refractivity contribution < 1.29 is 29.0 Å². The largest absolute Gasteiger partial charge is 0.481 e. The topological polar surface area (TPSA) is 83.8 Å². The fourth-order valence-corrected chi connectivity index (χ4v) is 3.70. The standard InChI is InChI=1S/C24H47NO5/c1-5-6-7-8-9-10-11-12-13-14-15-16-17-21(26)18-24(29)30-22(19-23(27)28)20-25(2,3)4/h21-22,26H,5-20H2,1-4H3/p+1. The molecule has 0 bridgehead atoms. The van der Waals surface area contributed by atoms with E-state index in [1.165, 1.54) is 64.2 Å². The zero-order chi connectivity index (χ0) is 22.8. The highest BCUT2D eigenvalue weighted by Crippen LogP contribution is 2.14. The number of hydrogen-bond donors (Lipinski definition) is 2. The number of nitrogens with zero attached hydrogens (tertiary/aromatic N) is 1. The Labute approximate surface area is 184 Å². The van der Waals surface area contributed by atoms with Crippen LogP contribution >= 0.6 is 0 Å². The van der Waals surface area contributed by atoms with Crippen molar-refractivity contribution in [2.45, 2.75) is 115 Å². The van der Waals surface area contributed by atoms with Gasteiger partial charge in [0.2, 0.25) is 0 Å². The number of carbonyl (C=O) groups excluding carboxylic acids is 1. The zero-order valence-electron chi connectivity index (χ0n) is 20.0. The Hall–Kier alpha value is -1.14. The van der Waals surface area contributed by atoms with Gasteiger partial charge in [-0.05, 0) is 6.42 Å². The number of quaternary nitrogens is 1. The van der Waals surface area contributed by atoms with Crippen LogP contribution in [0.5, 0.6) is 0 Å². The molecule has 178 valence electrons. The SMILES string of the molecule is CCCCCCCCCCCCCCC(O)CC(=O)OC(CC(=O)O)C[N+](C)(C)C. The van der Waals surface area contributed by atoms with E-state index < -0.39 is 24.1 Å². The van der Waals surface area contributed by atoms with Crippen LogP contribution in [0.25, 0.3) is 0 Å². The predicted octanol–water partition coefficient (Wildman–Crippen LogP) is 4.92. The van der Waals surface area contributed by atoms with Crippen LogP contribution in [0.1, 0.15) is 103 Å². The second kappa shape index (κ2) is 17.5. The Balaban J connectivity index is 3.78. The maximum Gasteiger partial charge on any atom is 0.308 e. The number of carboxylic acids is 1. The van der Waals surface area contributed by atoms with Gasteiger partial charge in [0.1, 0.15) is 6.54 Å². The molecule has 2 atom stereocenters. The second-order valence-corrected chi connectivity index (χ2v) is 9.72. The maximum atomic E-state index is 12.1. The Morgan fingerprint density at radius 1 is 0.800 bits per heavy atom. The molecule has 2 N–H and O–H groups in total. The highest BCUT2D eigenvalue weighted by molar-refractivity contribution is 5.71. The number of carbonyl (C=O) groups is 2. The van der Waals surface area contributed by atoms with Crippen LogP contribution in [0.3, 0.4) is 0 Å². The van der Waals surface area contributed by atoms with Gasteiger partial charge in [0.25, 0.3) is 0 Å². The molecule has 0 fully saturated rings. The van der Waals surface area contributed by atoms with E-state index in [4.69, 9.17) is 9.84 Å². The monoisotopic (exact) mass is 430 g/mol. The molecule has 2 unspecified atom stereocenters. The molecule has 0 amide bonds. The number of hydrogen-bond acceptors (Lipinski definition) is 4. The van der Waals surface area contributed by atoms with Crippen LogP contribution in [-0.4, -0.2) is 66.5 Å². The van der Waals surface area contributed by atoms with Crippen molar-refractivity contribution in [1.29, 1.82) is 0 Å². The fourth-order valence-electron chi connectivity index (χ4n) is 3.70. The number of aliphatic hydroxyl groups is 1. The van der Waals surface area contributed by atoms with Crippen LogP contribution in [0.4, 0.5) is 0 Å². The summed E-state index contributed by atoms with van der Waals surface area (Å²) in [5.74, 6) is -1.50. The molecule has 0 aromatic carbocycles. The number of unbranched alkanes of at least 4 members (excludes halogenated alkanes) is 11. The molecule has 0 radical (unpaired) electrons. The first-order valence-electron chi connectivity index (χ1n) is 12.0. The minimum Gasteiger partial charge on any atom is -0.481 e. The van der Waals surface area contributed by atoms with Crippen LogP contribution in [-0.2, 0) is 14.3 Å². The van der Waals surface area contributed by atoms with E-state index >= 15 is 0 Å². The van der Waals surface area contributed by atoms with Gasteiger partial charge >= 0.3 is 11.9 Å². The van der Waals surface area contributed by atoms with Gasteiger partial charge in [0.05, 0.1) is 40.1 Å². The summed E-state index contributed by atoms with van der Waals surface area (Å²) in [7, 11) is 5.77. The van der Waals surface area contributed by atoms with E-state index in [9.17, 15) is 14.7 Å². The Kier molecular flexibility index (Phi) is 16.9. The summed E-state index contributed by atoms with van der Waals surface area (Å²) in [5, 5.41) is 19.1. The van der Waals surface area contributed by atoms with Crippen molar-refractivity contribution in [3.05, 3.63) is 0 Å². The molecule has 0 aliphatic heterocycles. The van der Waals surface area contributed by atoms with E-state index in [0.717, 1.165) is 12.8 Å². The van der Waals surface area contributed by atoms with E-state index in [0.29, 0.717) is 17.4 Å². The minimum atomic E-state index is -0.988. The van der Waals surface area contributed by atoms with Crippen LogP contribution < -0.4 is 0 Å². The quantitative estimate of drug-likeness (QED) is 0.163. The number of carboxylic acid groups (broad SMARTS) is 1. The lowest BCUT2D eigenvalue weighted by Gasteiger charge is -2.28. The fraction of sp³-hybridized carbons (Fsp3) is 0.917. The van der Waals surface area contributed by atoms with Crippen LogP contribution in [0.15, 0.2) is 0 Å². The molecule has 0 spiro atoms. The van der Waals surface area contributed by atoms with Gasteiger partial charge in [-0.3, -0.25) is 9.59 Å². The van der Waals surface area contributed by atoms with Gasteiger partial charge in [-0.15, -0.1) is 0 Å². The second-order valence-electron chi connectivity index (χ2n) is 9.72. The lowest BCUT2D eigenvalue weighted by atomic mass is 10.0. The van der Waals surface area contributed by atoms with Crippen LogP contribution in [0.2, 0.25) is 0 Å². The van der Waals surface area contributed by atoms with Crippen molar-refractivity contribution in [2.24, 2.45) is 0 Å². The molecular formula is C24H48NO5+. The van der Waals surface area contributed by atoms with Gasteiger partial charge < -0.3 is 19.4 Å². The summed E-state index contributed by atoms with van der Waals surface area (Å²) in [6.07, 6.45) is 14.1. The number of rotatable bonds is 20. The van der Waals surface area contributed by atoms with Gasteiger partial charge in [0.15, 0.2) is 6.10 Å². The van der Waals surface area contributed by atoms with E-state index in [1.54, 1.807) is 0 Å². The van der Waals surface area contributed by atoms with Crippen molar-refractivity contribution in [3.8, 4) is 0 Å². The average molecular weight is 431 g/mol. The summed E-state index contributed by atoms with van der Waals surface area (Å²) < 4.78 is 5.83. The molecular weight excluding hydrogens is 382 g/mol. The molecule has 6 heteroatoms. The third kappa shape index (κ3) is 20.1. The number of esters is 1. The molecule has 0 saturated heterocycles. The van der Waals surface area contributed by atoms with Crippen molar-refractivity contribution in [3.63, 3.8) is 0 Å². The van der Waals surface area contributed by atoms with Gasteiger partial charge in [-0.2, -0.15) is 0 Å². The molecule has 0 aliphatic rings. The Morgan fingerprint density at radius 3 is 1.70 bits per heavy atom. The normalized spacial score (nSPS) is 13.8. The summed E-state index contributed by atoms with van der Waals surface area (Å²) in [6.45, 7) is 2.67. The average Bonchev–Trinajstić information content (AvgIpc) is 2.60. The molecule has 0 heterocycles. The van der Waals surface area contributed by atoms with Gasteiger partial charge in [0, 0.05) is 0 Å². The Morgan fingerprint density at radius 2 is 1.27 bits per heavy atom. The highest BCUT2D eigenvalue weighted by Gasteiger charge is 2.25. The van der Waals surface area contributed by atoms with E-state index in [2.05, 4.69) is 6.92 Å². The molecule has 0 rings (SSSR count). The van der Waals surface area contributed by atoms with Crippen molar-refractivity contribution >= 4 is 11.9 Å². The summed E-state index contributed by atoms with van der Waals surface area (Å²) in [4.78, 5) is 23.1. The molecule has 0 aromatic rings. The third-order valence-electron chi connectivity index (χ3n) is 5.24. The summed E-state index contributed by atoms with van der Waals surface area (Å²) in [6, 6.07) is 0. The van der Waals surface area contributed by atoms with Crippen molar-refractivity contribution in [2.75, 3.05) is 27.7 Å². The lowest BCUT2D eigenvalue weighted by molar-refractivity contribution is -0.873. The summed E-state index contributed by atoms with van der Waals surface area (Å²) in [5.41, 5.74) is 0. The zero-order valence-corrected chi connectivity index (χ0v) is 20.0. The highest BCUT2D eigenvalue weighted by atomic mass is 16.5. The Bertz CT molecular complexity index is 447. The first kappa shape index (κ1) is 28.9. The first-order valence-corrected chi connectivity index (χ1v) is 12.0. The van der Waals surface area contributed by atoms with Crippen molar-refractivity contribution in [1.82, 2.24) is 0 Å². The minimum absolute atomic E-state index is 0.0642. The smallest absolute Gasteiger partial charge is 0.308 e. The number of likely N-dealkylation sites (N-methyl/N-ethyl adjacent to an activating group) is 1. The maximum absolute atomic E-state index is 12.1. The summed E-state index contributed by atoms with van der Waals surface area (Å²) >= 11 is 0. The molecule has 0 aromatic heterocycles. The lowest BCUT2D eigenvalue weighted by Crippen LogP contribution is -2.44. The molecule has 0 aliphatic carbocycles. The predicted molar refractivity (Wildman–Crippen MR) is 121 cm³/mol. The number of aliphatic carboxylic acids is 1. The molecule has 6 nitrogen and oxygen atoms in total. The van der Waals surface area contributed by atoms with E-state index in [1.807, 2.05) is 21.1 Å². The van der Waals surface area contributed by atoms with Gasteiger partial charge in [-0.1, -0.05) is 84.0 Å². The van der Waals surface area contributed by atoms with Crippen LogP contribution in [0, 0.1) is 0 Å². The first-order chi connectivity index (χ1) is 14.1. The third-order valence-corrected chi connectivity index (χ3v) is 5.24.